The summed E-state index contributed by atoms with van der Waals surface area (Å²) in [5.74, 6) is 0.838. The van der Waals surface area contributed by atoms with Gasteiger partial charge in [0, 0.05) is 10.9 Å². The van der Waals surface area contributed by atoms with Crippen LogP contribution in [0.5, 0.6) is 0 Å². The number of benzene rings is 2. The number of nitrogens with zero attached hydrogens (tertiary/aromatic N) is 2. The van der Waals surface area contributed by atoms with Crippen molar-refractivity contribution in [2.75, 3.05) is 5.32 Å². The largest absolute Gasteiger partial charge is 0.362 e. The molecule has 2 aromatic carbocycles. The SMILES string of the molecule is Cc1cccc(C(C)Nc2nnc(-c3ccccc3)c3sccc23)c1. The summed E-state index contributed by atoms with van der Waals surface area (Å²) in [5, 5.41) is 15.8. The molecule has 0 radical (unpaired) electrons. The smallest absolute Gasteiger partial charge is 0.157 e. The van der Waals surface area contributed by atoms with Crippen LogP contribution >= 0.6 is 11.3 Å². The van der Waals surface area contributed by atoms with Crippen molar-refractivity contribution in [3.63, 3.8) is 0 Å². The van der Waals surface area contributed by atoms with Crippen LogP contribution in [0.2, 0.25) is 0 Å². The molecule has 25 heavy (non-hydrogen) atoms. The Morgan fingerprint density at radius 1 is 0.960 bits per heavy atom. The molecule has 1 unspecified atom stereocenters. The van der Waals surface area contributed by atoms with Crippen molar-refractivity contribution in [1.29, 1.82) is 0 Å². The lowest BCUT2D eigenvalue weighted by Crippen LogP contribution is -2.09. The molecule has 3 nitrogen and oxygen atoms in total. The summed E-state index contributed by atoms with van der Waals surface area (Å²) in [6.45, 7) is 4.27. The van der Waals surface area contributed by atoms with E-state index < -0.39 is 0 Å². The fourth-order valence-corrected chi connectivity index (χ4v) is 3.90. The topological polar surface area (TPSA) is 37.8 Å². The third-order valence-electron chi connectivity index (χ3n) is 4.33. The third-order valence-corrected chi connectivity index (χ3v) is 5.25. The van der Waals surface area contributed by atoms with Gasteiger partial charge >= 0.3 is 0 Å². The predicted molar refractivity (Wildman–Crippen MR) is 106 cm³/mol. The normalized spacial score (nSPS) is 12.2. The number of fused-ring (bicyclic) bond motifs is 1. The Morgan fingerprint density at radius 3 is 2.60 bits per heavy atom. The molecule has 2 heterocycles. The van der Waals surface area contributed by atoms with E-state index in [1.165, 1.54) is 15.8 Å². The monoisotopic (exact) mass is 345 g/mol. The molecule has 2 aromatic heterocycles. The first-order chi connectivity index (χ1) is 12.2. The molecule has 0 saturated heterocycles. The molecule has 0 spiro atoms. The summed E-state index contributed by atoms with van der Waals surface area (Å²) in [5.41, 5.74) is 4.55. The molecule has 0 bridgehead atoms. The summed E-state index contributed by atoms with van der Waals surface area (Å²) in [7, 11) is 0. The van der Waals surface area contributed by atoms with Gasteiger partial charge in [-0.1, -0.05) is 60.2 Å². The van der Waals surface area contributed by atoms with E-state index in [9.17, 15) is 0 Å². The number of anilines is 1. The van der Waals surface area contributed by atoms with Gasteiger partial charge in [-0.25, -0.2) is 0 Å². The summed E-state index contributed by atoms with van der Waals surface area (Å²) >= 11 is 1.71. The highest BCUT2D eigenvalue weighted by atomic mass is 32.1. The molecule has 0 amide bonds. The Bertz CT molecular complexity index is 1010. The molecule has 4 aromatic rings. The Balaban J connectivity index is 1.71. The van der Waals surface area contributed by atoms with Gasteiger partial charge in [0.25, 0.3) is 0 Å². The first-order valence-electron chi connectivity index (χ1n) is 8.35. The van der Waals surface area contributed by atoms with Crippen LogP contribution < -0.4 is 5.32 Å². The first-order valence-corrected chi connectivity index (χ1v) is 9.23. The number of aromatic nitrogens is 2. The summed E-state index contributed by atoms with van der Waals surface area (Å²) in [6.07, 6.45) is 0. The summed E-state index contributed by atoms with van der Waals surface area (Å²) < 4.78 is 1.17. The van der Waals surface area contributed by atoms with E-state index >= 15 is 0 Å². The number of rotatable bonds is 4. The van der Waals surface area contributed by atoms with E-state index in [0.29, 0.717) is 0 Å². The van der Waals surface area contributed by atoms with Gasteiger partial charge in [0.05, 0.1) is 10.7 Å². The van der Waals surface area contributed by atoms with Gasteiger partial charge in [0.2, 0.25) is 0 Å². The number of thiophene rings is 1. The van der Waals surface area contributed by atoms with Gasteiger partial charge in [-0.3, -0.25) is 0 Å². The number of hydrogen-bond acceptors (Lipinski definition) is 4. The second kappa shape index (κ2) is 6.65. The van der Waals surface area contributed by atoms with Crippen LogP contribution in [-0.2, 0) is 0 Å². The molecule has 0 saturated carbocycles. The lowest BCUT2D eigenvalue weighted by Gasteiger charge is -2.16. The van der Waals surface area contributed by atoms with Crippen LogP contribution in [-0.4, -0.2) is 10.2 Å². The van der Waals surface area contributed by atoms with Gasteiger partial charge in [-0.15, -0.1) is 21.5 Å². The maximum absolute atomic E-state index is 4.51. The Hall–Kier alpha value is -2.72. The number of nitrogens with one attached hydrogen (secondary N) is 1. The highest BCUT2D eigenvalue weighted by molar-refractivity contribution is 7.17. The van der Waals surface area contributed by atoms with Gasteiger partial charge in [0.15, 0.2) is 5.82 Å². The second-order valence-electron chi connectivity index (χ2n) is 6.21. The molecule has 1 N–H and O–H groups in total. The molecule has 0 aliphatic rings. The van der Waals surface area contributed by atoms with Crippen molar-refractivity contribution < 1.29 is 0 Å². The van der Waals surface area contributed by atoms with Crippen molar-refractivity contribution in [2.45, 2.75) is 19.9 Å². The number of hydrogen-bond donors (Lipinski definition) is 1. The average molecular weight is 345 g/mol. The Morgan fingerprint density at radius 2 is 1.80 bits per heavy atom. The van der Waals surface area contributed by atoms with Crippen LogP contribution in [0.3, 0.4) is 0 Å². The number of aryl methyl sites for hydroxylation is 1. The maximum Gasteiger partial charge on any atom is 0.157 e. The molecule has 4 heteroatoms. The Kier molecular flexibility index (Phi) is 4.20. The molecule has 124 valence electrons. The average Bonchev–Trinajstić information content (AvgIpc) is 3.13. The zero-order valence-corrected chi connectivity index (χ0v) is 15.0. The molecule has 4 rings (SSSR count). The fourth-order valence-electron chi connectivity index (χ4n) is 3.00. The van der Waals surface area contributed by atoms with Crippen molar-refractivity contribution in [2.24, 2.45) is 0 Å². The lowest BCUT2D eigenvalue weighted by atomic mass is 10.1. The van der Waals surface area contributed by atoms with E-state index in [1.54, 1.807) is 11.3 Å². The minimum atomic E-state index is 0.167. The third kappa shape index (κ3) is 3.13. The van der Waals surface area contributed by atoms with Crippen molar-refractivity contribution in [1.82, 2.24) is 10.2 Å². The van der Waals surface area contributed by atoms with E-state index in [0.717, 1.165) is 22.5 Å². The van der Waals surface area contributed by atoms with Crippen LogP contribution in [0.4, 0.5) is 5.82 Å². The lowest BCUT2D eigenvalue weighted by molar-refractivity contribution is 0.865. The summed E-state index contributed by atoms with van der Waals surface area (Å²) in [6, 6.07) is 21.1. The van der Waals surface area contributed by atoms with Crippen molar-refractivity contribution >= 4 is 27.2 Å². The van der Waals surface area contributed by atoms with E-state index in [-0.39, 0.29) is 6.04 Å². The molecule has 0 aliphatic carbocycles. The molecule has 1 atom stereocenters. The van der Waals surface area contributed by atoms with Crippen LogP contribution in [0.25, 0.3) is 21.3 Å². The van der Waals surface area contributed by atoms with Crippen molar-refractivity contribution in [3.8, 4) is 11.3 Å². The van der Waals surface area contributed by atoms with Crippen molar-refractivity contribution in [3.05, 3.63) is 77.2 Å². The quantitative estimate of drug-likeness (QED) is 0.505. The molecular weight excluding hydrogens is 326 g/mol. The highest BCUT2D eigenvalue weighted by Gasteiger charge is 2.14. The van der Waals surface area contributed by atoms with E-state index in [4.69, 9.17) is 0 Å². The molecular formula is C21H19N3S. The zero-order chi connectivity index (χ0) is 17.2. The summed E-state index contributed by atoms with van der Waals surface area (Å²) in [4.78, 5) is 0. The van der Waals surface area contributed by atoms with Crippen LogP contribution in [0, 0.1) is 6.92 Å². The standard InChI is InChI=1S/C21H19N3S/c1-14-7-6-10-17(13-14)15(2)22-21-18-11-12-25-20(18)19(23-24-21)16-8-4-3-5-9-16/h3-13,15H,1-2H3,(H,22,24). The molecule has 0 aliphatic heterocycles. The minimum absolute atomic E-state index is 0.167. The van der Waals surface area contributed by atoms with Gasteiger partial charge in [-0.05, 0) is 30.9 Å². The van der Waals surface area contributed by atoms with Gasteiger partial charge in [-0.2, -0.15) is 0 Å². The van der Waals surface area contributed by atoms with Crippen LogP contribution in [0.1, 0.15) is 24.1 Å². The van der Waals surface area contributed by atoms with E-state index in [2.05, 4.69) is 77.2 Å². The van der Waals surface area contributed by atoms with Crippen LogP contribution in [0.15, 0.2) is 66.0 Å². The second-order valence-corrected chi connectivity index (χ2v) is 7.12. The van der Waals surface area contributed by atoms with Gasteiger partial charge < -0.3 is 5.32 Å². The Labute approximate surface area is 151 Å². The zero-order valence-electron chi connectivity index (χ0n) is 14.2. The fraction of sp³-hybridized carbons (Fsp3) is 0.143. The first kappa shape index (κ1) is 15.8. The maximum atomic E-state index is 4.51. The molecule has 0 fully saturated rings. The van der Waals surface area contributed by atoms with Gasteiger partial charge in [0.1, 0.15) is 5.69 Å². The highest BCUT2D eigenvalue weighted by Crippen LogP contribution is 2.34. The minimum Gasteiger partial charge on any atom is -0.362 e. The van der Waals surface area contributed by atoms with E-state index in [1.807, 2.05) is 18.2 Å². The predicted octanol–water partition coefficient (Wildman–Crippen LogP) is 5.84.